The summed E-state index contributed by atoms with van der Waals surface area (Å²) in [6.45, 7) is 0.822. The summed E-state index contributed by atoms with van der Waals surface area (Å²) in [6, 6.07) is 1.35. The second-order valence-electron chi connectivity index (χ2n) is 4.64. The molecule has 0 aliphatic heterocycles. The van der Waals surface area contributed by atoms with Crippen LogP contribution in [0.4, 0.5) is 13.2 Å². The van der Waals surface area contributed by atoms with Crippen molar-refractivity contribution in [3.05, 3.63) is 35.1 Å². The van der Waals surface area contributed by atoms with Crippen LogP contribution in [-0.2, 0) is 0 Å². The topological polar surface area (TPSA) is 55.1 Å². The fraction of sp³-hybridized carbons (Fsp3) is 0.417. The number of benzene rings is 1. The van der Waals surface area contributed by atoms with Crippen molar-refractivity contribution in [3.8, 4) is 0 Å². The van der Waals surface area contributed by atoms with Crippen molar-refractivity contribution in [1.82, 2.24) is 5.32 Å². The first-order valence-corrected chi connectivity index (χ1v) is 5.60. The molecule has 0 spiro atoms. The van der Waals surface area contributed by atoms with Crippen molar-refractivity contribution in [2.75, 3.05) is 13.1 Å². The van der Waals surface area contributed by atoms with Gasteiger partial charge in [0, 0.05) is 17.5 Å². The molecule has 6 heteroatoms. The summed E-state index contributed by atoms with van der Waals surface area (Å²) in [5, 5.41) is 2.55. The summed E-state index contributed by atoms with van der Waals surface area (Å²) < 4.78 is 38.6. The van der Waals surface area contributed by atoms with Crippen molar-refractivity contribution in [2.24, 2.45) is 11.1 Å². The van der Waals surface area contributed by atoms with Crippen LogP contribution in [0.5, 0.6) is 0 Å². The maximum atomic E-state index is 12.9. The largest absolute Gasteiger partial charge is 0.351 e. The van der Waals surface area contributed by atoms with Crippen LogP contribution in [0.1, 0.15) is 23.2 Å². The molecule has 1 aliphatic rings. The van der Waals surface area contributed by atoms with E-state index in [1.807, 2.05) is 0 Å². The van der Waals surface area contributed by atoms with Gasteiger partial charge in [-0.1, -0.05) is 0 Å². The molecule has 3 nitrogen and oxygen atoms in total. The third-order valence-corrected chi connectivity index (χ3v) is 3.26. The minimum atomic E-state index is -1.58. The van der Waals surface area contributed by atoms with Crippen molar-refractivity contribution >= 4 is 5.91 Å². The van der Waals surface area contributed by atoms with Gasteiger partial charge in [-0.15, -0.1) is 0 Å². The third-order valence-electron chi connectivity index (χ3n) is 3.26. The summed E-state index contributed by atoms with van der Waals surface area (Å²) in [4.78, 5) is 11.6. The first-order valence-electron chi connectivity index (χ1n) is 5.60. The predicted octanol–water partition coefficient (Wildman–Crippen LogP) is 1.57. The van der Waals surface area contributed by atoms with E-state index < -0.39 is 23.4 Å². The van der Waals surface area contributed by atoms with Gasteiger partial charge in [0.25, 0.3) is 5.91 Å². The van der Waals surface area contributed by atoms with E-state index in [0.29, 0.717) is 25.2 Å². The predicted molar refractivity (Wildman–Crippen MR) is 59.4 cm³/mol. The van der Waals surface area contributed by atoms with Crippen LogP contribution in [0.25, 0.3) is 0 Å². The zero-order valence-corrected chi connectivity index (χ0v) is 9.60. The van der Waals surface area contributed by atoms with Crippen molar-refractivity contribution in [1.29, 1.82) is 0 Å². The van der Waals surface area contributed by atoms with Crippen molar-refractivity contribution < 1.29 is 18.0 Å². The van der Waals surface area contributed by atoms with E-state index in [-0.39, 0.29) is 11.0 Å². The molecule has 1 amide bonds. The highest BCUT2D eigenvalue weighted by molar-refractivity contribution is 5.94. The van der Waals surface area contributed by atoms with Crippen LogP contribution in [0.15, 0.2) is 12.1 Å². The van der Waals surface area contributed by atoms with Gasteiger partial charge in [-0.2, -0.15) is 0 Å². The fourth-order valence-corrected chi connectivity index (χ4v) is 1.69. The minimum absolute atomic E-state index is 0.0766. The molecule has 0 atom stereocenters. The van der Waals surface area contributed by atoms with E-state index in [1.54, 1.807) is 0 Å². The summed E-state index contributed by atoms with van der Waals surface area (Å²) in [7, 11) is 0. The lowest BCUT2D eigenvalue weighted by molar-refractivity contribution is 0.0944. The Morgan fingerprint density at radius 3 is 2.28 bits per heavy atom. The molecular weight excluding hydrogens is 245 g/mol. The lowest BCUT2D eigenvalue weighted by atomic mass is 10.1. The van der Waals surface area contributed by atoms with Gasteiger partial charge in [-0.05, 0) is 31.5 Å². The lowest BCUT2D eigenvalue weighted by Crippen LogP contribution is -2.34. The van der Waals surface area contributed by atoms with Crippen LogP contribution >= 0.6 is 0 Å². The Hall–Kier alpha value is -1.56. The molecule has 18 heavy (non-hydrogen) atoms. The smallest absolute Gasteiger partial charge is 0.251 e. The maximum absolute atomic E-state index is 12.9. The van der Waals surface area contributed by atoms with Crippen molar-refractivity contribution in [3.63, 3.8) is 0 Å². The van der Waals surface area contributed by atoms with Crippen LogP contribution in [0.2, 0.25) is 0 Å². The second-order valence-corrected chi connectivity index (χ2v) is 4.64. The Kier molecular flexibility index (Phi) is 3.30. The number of nitrogens with one attached hydrogen (secondary N) is 1. The number of halogens is 3. The first-order chi connectivity index (χ1) is 8.47. The van der Waals surface area contributed by atoms with E-state index in [9.17, 15) is 18.0 Å². The fourth-order valence-electron chi connectivity index (χ4n) is 1.69. The molecule has 0 heterocycles. The van der Waals surface area contributed by atoms with Gasteiger partial charge in [0.15, 0.2) is 17.5 Å². The number of carbonyl (C=O) groups excluding carboxylic acids is 1. The SMILES string of the molecule is NCC1(CNC(=O)c2cc(F)c(F)c(F)c2)CC1. The number of hydrogen-bond donors (Lipinski definition) is 2. The zero-order chi connectivity index (χ0) is 13.3. The molecule has 1 aromatic carbocycles. The summed E-state index contributed by atoms with van der Waals surface area (Å²) in [5.74, 6) is -4.96. The van der Waals surface area contributed by atoms with Crippen LogP contribution in [0, 0.1) is 22.9 Å². The van der Waals surface area contributed by atoms with Gasteiger partial charge < -0.3 is 11.1 Å². The maximum Gasteiger partial charge on any atom is 0.251 e. The van der Waals surface area contributed by atoms with Crippen LogP contribution < -0.4 is 11.1 Å². The van der Waals surface area contributed by atoms with E-state index in [1.165, 1.54) is 0 Å². The van der Waals surface area contributed by atoms with Gasteiger partial charge in [-0.25, -0.2) is 13.2 Å². The average molecular weight is 258 g/mol. The molecule has 0 radical (unpaired) electrons. The molecule has 98 valence electrons. The molecule has 0 saturated heterocycles. The van der Waals surface area contributed by atoms with E-state index in [2.05, 4.69) is 5.32 Å². The highest BCUT2D eigenvalue weighted by atomic mass is 19.2. The number of amides is 1. The molecule has 1 aliphatic carbocycles. The van der Waals surface area contributed by atoms with E-state index in [4.69, 9.17) is 5.73 Å². The molecule has 2 rings (SSSR count). The molecule has 1 fully saturated rings. The van der Waals surface area contributed by atoms with Gasteiger partial charge in [0.1, 0.15) is 0 Å². The number of rotatable bonds is 4. The molecule has 0 bridgehead atoms. The summed E-state index contributed by atoms with van der Waals surface area (Å²) >= 11 is 0. The second kappa shape index (κ2) is 4.61. The summed E-state index contributed by atoms with van der Waals surface area (Å²) in [6.07, 6.45) is 1.85. The molecule has 1 saturated carbocycles. The lowest BCUT2D eigenvalue weighted by Gasteiger charge is -2.13. The monoisotopic (exact) mass is 258 g/mol. The Morgan fingerprint density at radius 2 is 1.83 bits per heavy atom. The minimum Gasteiger partial charge on any atom is -0.351 e. The quantitative estimate of drug-likeness (QED) is 0.805. The zero-order valence-electron chi connectivity index (χ0n) is 9.60. The van der Waals surface area contributed by atoms with Crippen LogP contribution in [0.3, 0.4) is 0 Å². The molecule has 0 aromatic heterocycles. The highest BCUT2D eigenvalue weighted by Gasteiger charge is 2.41. The third kappa shape index (κ3) is 2.48. The highest BCUT2D eigenvalue weighted by Crippen LogP contribution is 2.43. The molecule has 3 N–H and O–H groups in total. The molecule has 1 aromatic rings. The Labute approximate surface area is 102 Å². The Balaban J connectivity index is 2.05. The van der Waals surface area contributed by atoms with Gasteiger partial charge in [0.05, 0.1) is 0 Å². The number of carbonyl (C=O) groups is 1. The Bertz CT molecular complexity index is 463. The average Bonchev–Trinajstić information content (AvgIpc) is 3.13. The number of nitrogens with two attached hydrogens (primary N) is 1. The number of hydrogen-bond acceptors (Lipinski definition) is 2. The van der Waals surface area contributed by atoms with Gasteiger partial charge >= 0.3 is 0 Å². The van der Waals surface area contributed by atoms with Gasteiger partial charge in [-0.3, -0.25) is 4.79 Å². The standard InChI is InChI=1S/C12H13F3N2O/c13-8-3-7(4-9(14)10(8)15)11(18)17-6-12(5-16)1-2-12/h3-4H,1-2,5-6,16H2,(H,17,18). The van der Waals surface area contributed by atoms with Crippen molar-refractivity contribution in [2.45, 2.75) is 12.8 Å². The Morgan fingerprint density at radius 1 is 1.28 bits per heavy atom. The van der Waals surface area contributed by atoms with Gasteiger partial charge in [0.2, 0.25) is 0 Å². The van der Waals surface area contributed by atoms with Crippen LogP contribution in [-0.4, -0.2) is 19.0 Å². The first kappa shape index (κ1) is 12.9. The molecule has 0 unspecified atom stereocenters. The summed E-state index contributed by atoms with van der Waals surface area (Å²) in [5.41, 5.74) is 5.23. The van der Waals surface area contributed by atoms with E-state index >= 15 is 0 Å². The molecular formula is C12H13F3N2O. The van der Waals surface area contributed by atoms with E-state index in [0.717, 1.165) is 12.8 Å². The normalized spacial score (nSPS) is 16.4.